The highest BCUT2D eigenvalue weighted by atomic mass is 16.6. The molecule has 0 N–H and O–H groups in total. The van der Waals surface area contributed by atoms with Crippen LogP contribution < -0.4 is 0 Å². The van der Waals surface area contributed by atoms with Crippen LogP contribution in [0, 0.1) is 0 Å². The molecule has 0 radical (unpaired) electrons. The van der Waals surface area contributed by atoms with Crippen molar-refractivity contribution in [1.29, 1.82) is 0 Å². The SMILES string of the molecule is CCCC/C=C\CCCCCCCC(=O)OC[C@@H](COC(=O)CCC/C=C\C/C=C\C/C=C\C/C=C\CCCCC)OC(=O)CCCC/C=C\C/C=C\C/C=C\CCCCC. The predicted molar refractivity (Wildman–Crippen MR) is 260 cm³/mol. The highest BCUT2D eigenvalue weighted by Gasteiger charge is 2.19. The minimum Gasteiger partial charge on any atom is -0.462 e. The van der Waals surface area contributed by atoms with Crippen LogP contribution in [0.5, 0.6) is 0 Å². The Kier molecular flexibility index (Phi) is 46.0. The lowest BCUT2D eigenvalue weighted by atomic mass is 10.1. The highest BCUT2D eigenvalue weighted by Crippen LogP contribution is 2.11. The molecule has 61 heavy (non-hydrogen) atoms. The topological polar surface area (TPSA) is 78.9 Å². The number of unbranched alkanes of at least 4 members (excludes halogenated alkanes) is 16. The molecule has 6 nitrogen and oxygen atoms in total. The van der Waals surface area contributed by atoms with Crippen molar-refractivity contribution in [3.05, 3.63) is 97.2 Å². The van der Waals surface area contributed by atoms with Crippen molar-refractivity contribution in [2.45, 2.75) is 219 Å². The third-order valence-electron chi connectivity index (χ3n) is 10.0. The van der Waals surface area contributed by atoms with E-state index in [0.717, 1.165) is 83.5 Å². The van der Waals surface area contributed by atoms with Crippen LogP contribution in [0.1, 0.15) is 213 Å². The monoisotopic (exact) mass is 847 g/mol. The summed E-state index contributed by atoms with van der Waals surface area (Å²) in [6.07, 6.45) is 63.9. The molecule has 0 fully saturated rings. The molecule has 0 rings (SSSR count). The van der Waals surface area contributed by atoms with E-state index in [4.69, 9.17) is 14.2 Å². The Morgan fingerprint density at radius 1 is 0.328 bits per heavy atom. The first-order valence-electron chi connectivity index (χ1n) is 24.7. The van der Waals surface area contributed by atoms with Gasteiger partial charge in [-0.15, -0.1) is 0 Å². The van der Waals surface area contributed by atoms with Gasteiger partial charge in [0.25, 0.3) is 0 Å². The normalized spacial score (nSPS) is 12.9. The Balaban J connectivity index is 4.55. The molecule has 0 aliphatic carbocycles. The Labute approximate surface area is 375 Å². The van der Waals surface area contributed by atoms with E-state index in [0.29, 0.717) is 19.3 Å². The van der Waals surface area contributed by atoms with Crippen LogP contribution in [-0.4, -0.2) is 37.2 Å². The van der Waals surface area contributed by atoms with Crippen LogP contribution in [0.2, 0.25) is 0 Å². The fourth-order valence-corrected chi connectivity index (χ4v) is 6.24. The van der Waals surface area contributed by atoms with E-state index in [9.17, 15) is 14.4 Å². The Morgan fingerprint density at radius 2 is 0.623 bits per heavy atom. The lowest BCUT2D eigenvalue weighted by molar-refractivity contribution is -0.167. The summed E-state index contributed by atoms with van der Waals surface area (Å²) >= 11 is 0. The van der Waals surface area contributed by atoms with Gasteiger partial charge in [0, 0.05) is 19.3 Å². The fraction of sp³-hybridized carbons (Fsp3) is 0.655. The zero-order chi connectivity index (χ0) is 44.4. The summed E-state index contributed by atoms with van der Waals surface area (Å²) in [5.74, 6) is -1.03. The van der Waals surface area contributed by atoms with Gasteiger partial charge < -0.3 is 14.2 Å². The first-order chi connectivity index (χ1) is 30.0. The van der Waals surface area contributed by atoms with Gasteiger partial charge in [-0.3, -0.25) is 14.4 Å². The van der Waals surface area contributed by atoms with Gasteiger partial charge in [-0.1, -0.05) is 176 Å². The van der Waals surface area contributed by atoms with Gasteiger partial charge in [0.05, 0.1) is 0 Å². The lowest BCUT2D eigenvalue weighted by Crippen LogP contribution is -2.30. The number of allylic oxidation sites excluding steroid dienone is 16. The lowest BCUT2D eigenvalue weighted by Gasteiger charge is -2.18. The molecule has 0 saturated carbocycles. The second-order valence-electron chi connectivity index (χ2n) is 16.0. The first kappa shape index (κ1) is 57.3. The Bertz CT molecular complexity index is 1250. The maximum atomic E-state index is 12.7. The number of ether oxygens (including phenoxy) is 3. The van der Waals surface area contributed by atoms with Crippen LogP contribution in [0.15, 0.2) is 97.2 Å². The Hall–Kier alpha value is -3.67. The maximum absolute atomic E-state index is 12.7. The largest absolute Gasteiger partial charge is 0.462 e. The number of esters is 3. The molecular weight excluding hydrogens is 757 g/mol. The van der Waals surface area contributed by atoms with Crippen LogP contribution in [0.4, 0.5) is 0 Å². The van der Waals surface area contributed by atoms with Crippen molar-refractivity contribution in [3.8, 4) is 0 Å². The van der Waals surface area contributed by atoms with E-state index < -0.39 is 6.10 Å². The standard InChI is InChI=1S/C55H90O6/c1-4-7-10-13-16-19-22-24-26-27-29-30-33-36-39-42-45-48-54(57)60-51-52(50-59-53(56)47-44-41-38-35-32-21-18-15-12-9-6-3)61-55(58)49-46-43-40-37-34-31-28-25-23-20-17-14-11-8-5-2/h15-20,24-26,28-30,34,36-37,39,52H,4-14,21-23,27,31-33,35,38,40-51H2,1-3H3/b18-15-,19-16-,20-17-,26-24-,28-25-,30-29-,37-34-,39-36-/t52-/m0/s1. The smallest absolute Gasteiger partial charge is 0.306 e. The van der Waals surface area contributed by atoms with Gasteiger partial charge >= 0.3 is 17.9 Å². The summed E-state index contributed by atoms with van der Waals surface area (Å²) in [4.78, 5) is 37.8. The summed E-state index contributed by atoms with van der Waals surface area (Å²) < 4.78 is 16.7. The van der Waals surface area contributed by atoms with Crippen LogP contribution in [-0.2, 0) is 28.6 Å². The first-order valence-corrected chi connectivity index (χ1v) is 24.7. The van der Waals surface area contributed by atoms with Gasteiger partial charge in [-0.05, 0) is 116 Å². The molecule has 0 amide bonds. The van der Waals surface area contributed by atoms with E-state index in [1.807, 2.05) is 0 Å². The number of hydrogen-bond donors (Lipinski definition) is 0. The van der Waals surface area contributed by atoms with Gasteiger partial charge in [0.1, 0.15) is 13.2 Å². The fourth-order valence-electron chi connectivity index (χ4n) is 6.24. The minimum absolute atomic E-state index is 0.116. The summed E-state index contributed by atoms with van der Waals surface area (Å²) in [6, 6.07) is 0. The Morgan fingerprint density at radius 3 is 1.08 bits per heavy atom. The van der Waals surface area contributed by atoms with Crippen LogP contribution in [0.3, 0.4) is 0 Å². The van der Waals surface area contributed by atoms with E-state index in [-0.39, 0.29) is 44.0 Å². The summed E-state index contributed by atoms with van der Waals surface area (Å²) in [6.45, 7) is 6.43. The molecule has 0 saturated heterocycles. The molecule has 0 spiro atoms. The zero-order valence-electron chi connectivity index (χ0n) is 39.4. The average molecular weight is 847 g/mol. The summed E-state index contributed by atoms with van der Waals surface area (Å²) in [5, 5.41) is 0. The van der Waals surface area contributed by atoms with Gasteiger partial charge in [0.15, 0.2) is 6.10 Å². The van der Waals surface area contributed by atoms with Gasteiger partial charge in [-0.2, -0.15) is 0 Å². The number of carbonyl (C=O) groups excluding carboxylic acids is 3. The van der Waals surface area contributed by atoms with Gasteiger partial charge in [-0.25, -0.2) is 0 Å². The molecule has 0 aliphatic heterocycles. The zero-order valence-corrected chi connectivity index (χ0v) is 39.4. The second kappa shape index (κ2) is 49.0. The van der Waals surface area contributed by atoms with Crippen molar-refractivity contribution < 1.29 is 28.6 Å². The minimum atomic E-state index is -0.822. The van der Waals surface area contributed by atoms with E-state index in [1.165, 1.54) is 77.0 Å². The summed E-state index contributed by atoms with van der Waals surface area (Å²) in [5.41, 5.74) is 0. The molecule has 0 unspecified atom stereocenters. The molecule has 6 heteroatoms. The highest BCUT2D eigenvalue weighted by molar-refractivity contribution is 5.71. The third-order valence-corrected chi connectivity index (χ3v) is 10.0. The molecule has 0 aromatic rings. The summed E-state index contributed by atoms with van der Waals surface area (Å²) in [7, 11) is 0. The number of hydrogen-bond acceptors (Lipinski definition) is 6. The van der Waals surface area contributed by atoms with Gasteiger partial charge in [0.2, 0.25) is 0 Å². The molecule has 346 valence electrons. The van der Waals surface area contributed by atoms with E-state index in [2.05, 4.69) is 118 Å². The average Bonchev–Trinajstić information content (AvgIpc) is 3.26. The van der Waals surface area contributed by atoms with E-state index >= 15 is 0 Å². The van der Waals surface area contributed by atoms with Crippen molar-refractivity contribution in [2.75, 3.05) is 13.2 Å². The van der Waals surface area contributed by atoms with E-state index in [1.54, 1.807) is 0 Å². The van der Waals surface area contributed by atoms with Crippen molar-refractivity contribution >= 4 is 17.9 Å². The number of carbonyl (C=O) groups is 3. The maximum Gasteiger partial charge on any atom is 0.306 e. The quantitative estimate of drug-likeness (QED) is 0.0263. The molecular formula is C55H90O6. The third kappa shape index (κ3) is 47.2. The predicted octanol–water partition coefficient (Wildman–Crippen LogP) is 16.2. The van der Waals surface area contributed by atoms with Crippen molar-refractivity contribution in [3.63, 3.8) is 0 Å². The number of rotatable bonds is 43. The van der Waals surface area contributed by atoms with Crippen molar-refractivity contribution in [2.24, 2.45) is 0 Å². The van der Waals surface area contributed by atoms with Crippen LogP contribution in [0.25, 0.3) is 0 Å². The van der Waals surface area contributed by atoms with Crippen LogP contribution >= 0.6 is 0 Å². The molecule has 0 aromatic carbocycles. The molecule has 0 bridgehead atoms. The second-order valence-corrected chi connectivity index (χ2v) is 16.0. The molecule has 0 aliphatic rings. The molecule has 0 heterocycles. The van der Waals surface area contributed by atoms with Crippen molar-refractivity contribution in [1.82, 2.24) is 0 Å². The molecule has 0 aromatic heterocycles. The molecule has 1 atom stereocenters.